The predicted molar refractivity (Wildman–Crippen MR) is 77.1 cm³/mol. The molecule has 0 saturated carbocycles. The maximum absolute atomic E-state index is 5.47. The van der Waals surface area contributed by atoms with Crippen molar-refractivity contribution in [3.63, 3.8) is 0 Å². The molecule has 84 valence electrons. The number of hydrogen-bond acceptors (Lipinski definition) is 2. The number of anilines is 2. The normalized spacial score (nSPS) is 9.12. The van der Waals surface area contributed by atoms with Crippen LogP contribution in [0.2, 0.25) is 0 Å². The van der Waals surface area contributed by atoms with Gasteiger partial charge in [0.2, 0.25) is 0 Å². The van der Waals surface area contributed by atoms with Crippen molar-refractivity contribution in [3.8, 4) is 0 Å². The van der Waals surface area contributed by atoms with Gasteiger partial charge in [-0.15, -0.1) is 0 Å². The lowest BCUT2D eigenvalue weighted by atomic mass is 10.3. The Morgan fingerprint density at radius 3 is 1.88 bits per heavy atom. The second kappa shape index (κ2) is 6.55. The van der Waals surface area contributed by atoms with E-state index in [0.29, 0.717) is 0 Å². The lowest BCUT2D eigenvalue weighted by Crippen LogP contribution is -1.82. The van der Waals surface area contributed by atoms with Gasteiger partial charge in [-0.05, 0) is 46.3 Å². The quantitative estimate of drug-likeness (QED) is 0.708. The van der Waals surface area contributed by atoms with Crippen LogP contribution in [0.1, 0.15) is 0 Å². The van der Waals surface area contributed by atoms with Gasteiger partial charge in [0.1, 0.15) is 0 Å². The molecule has 0 spiro atoms. The molecular weight excluding hydrogens is 332 g/mol. The van der Waals surface area contributed by atoms with Gasteiger partial charge in [0, 0.05) is 20.3 Å². The fourth-order valence-electron chi connectivity index (χ4n) is 0.982. The van der Waals surface area contributed by atoms with Crippen LogP contribution in [0.25, 0.3) is 0 Å². The molecule has 2 rings (SSSR count). The summed E-state index contributed by atoms with van der Waals surface area (Å²) < 4.78 is 1.98. The molecule has 0 aromatic heterocycles. The molecule has 2 aromatic rings. The van der Waals surface area contributed by atoms with Crippen LogP contribution in [0.15, 0.2) is 57.5 Å². The van der Waals surface area contributed by atoms with Crippen LogP contribution in [0.4, 0.5) is 11.4 Å². The fraction of sp³-hybridized carbons (Fsp3) is 0. The van der Waals surface area contributed by atoms with Crippen LogP contribution in [-0.2, 0) is 0 Å². The van der Waals surface area contributed by atoms with Gasteiger partial charge in [-0.1, -0.05) is 34.1 Å². The zero-order valence-electron chi connectivity index (χ0n) is 8.53. The number of rotatable bonds is 0. The summed E-state index contributed by atoms with van der Waals surface area (Å²) in [4.78, 5) is 0. The van der Waals surface area contributed by atoms with E-state index in [0.717, 1.165) is 20.3 Å². The van der Waals surface area contributed by atoms with Crippen molar-refractivity contribution in [1.29, 1.82) is 0 Å². The molecule has 0 saturated heterocycles. The highest BCUT2D eigenvalue weighted by molar-refractivity contribution is 9.10. The Hall–Kier alpha value is -1.00. The Bertz CT molecular complexity index is 420. The smallest absolute Gasteiger partial charge is 0.0458 e. The van der Waals surface area contributed by atoms with Gasteiger partial charge >= 0.3 is 0 Å². The van der Waals surface area contributed by atoms with Gasteiger partial charge in [-0.3, -0.25) is 0 Å². The first-order chi connectivity index (χ1) is 7.59. The summed E-state index contributed by atoms with van der Waals surface area (Å²) in [6.07, 6.45) is 0. The zero-order chi connectivity index (χ0) is 12.0. The SMILES string of the molecule is Nc1cccc(Br)c1.Nc1ccccc1Br. The van der Waals surface area contributed by atoms with Crippen molar-refractivity contribution in [2.24, 2.45) is 0 Å². The standard InChI is InChI=1S/2C6H6BrN/c7-5-2-1-3-6(8)4-5;7-5-3-1-2-4-6(5)8/h2*1-4H,8H2. The summed E-state index contributed by atoms with van der Waals surface area (Å²) in [5, 5.41) is 0. The Morgan fingerprint density at radius 1 is 0.812 bits per heavy atom. The first-order valence-electron chi connectivity index (χ1n) is 4.60. The highest BCUT2D eigenvalue weighted by atomic mass is 79.9. The average Bonchev–Trinajstić information content (AvgIpc) is 2.23. The first-order valence-corrected chi connectivity index (χ1v) is 6.19. The second-order valence-corrected chi connectivity index (χ2v) is 4.85. The van der Waals surface area contributed by atoms with E-state index in [2.05, 4.69) is 31.9 Å². The molecule has 2 nitrogen and oxygen atoms in total. The van der Waals surface area contributed by atoms with E-state index < -0.39 is 0 Å². The van der Waals surface area contributed by atoms with Gasteiger partial charge < -0.3 is 11.5 Å². The van der Waals surface area contributed by atoms with E-state index in [-0.39, 0.29) is 0 Å². The number of para-hydroxylation sites is 1. The molecule has 4 heteroatoms. The van der Waals surface area contributed by atoms with E-state index in [1.54, 1.807) is 0 Å². The molecule has 0 heterocycles. The molecule has 0 radical (unpaired) electrons. The van der Waals surface area contributed by atoms with Gasteiger partial charge in [-0.25, -0.2) is 0 Å². The van der Waals surface area contributed by atoms with E-state index >= 15 is 0 Å². The molecule has 0 atom stereocenters. The lowest BCUT2D eigenvalue weighted by molar-refractivity contribution is 1.63. The average molecular weight is 344 g/mol. The predicted octanol–water partition coefficient (Wildman–Crippen LogP) is 4.06. The topological polar surface area (TPSA) is 52.0 Å². The first kappa shape index (κ1) is 13.1. The molecule has 0 unspecified atom stereocenters. The van der Waals surface area contributed by atoms with Crippen molar-refractivity contribution in [3.05, 3.63) is 57.5 Å². The third-order valence-corrected chi connectivity index (χ3v) is 2.97. The molecular formula is C12H12Br2N2. The summed E-state index contributed by atoms with van der Waals surface area (Å²) in [6.45, 7) is 0. The Labute approximate surface area is 112 Å². The maximum Gasteiger partial charge on any atom is 0.0458 e. The third kappa shape index (κ3) is 4.68. The lowest BCUT2D eigenvalue weighted by Gasteiger charge is -1.91. The number of nitrogen functional groups attached to an aromatic ring is 2. The minimum Gasteiger partial charge on any atom is -0.399 e. The molecule has 0 fully saturated rings. The third-order valence-electron chi connectivity index (χ3n) is 1.75. The molecule has 0 aliphatic carbocycles. The van der Waals surface area contributed by atoms with E-state index in [9.17, 15) is 0 Å². The molecule has 0 aliphatic heterocycles. The van der Waals surface area contributed by atoms with Crippen LogP contribution >= 0.6 is 31.9 Å². The Kier molecular flexibility index (Phi) is 5.35. The minimum atomic E-state index is 0.785. The Morgan fingerprint density at radius 2 is 1.50 bits per heavy atom. The molecule has 0 bridgehead atoms. The monoisotopic (exact) mass is 342 g/mol. The van der Waals surface area contributed by atoms with Crippen LogP contribution in [-0.4, -0.2) is 0 Å². The summed E-state index contributed by atoms with van der Waals surface area (Å²) >= 11 is 6.55. The Balaban J connectivity index is 0.000000160. The molecule has 16 heavy (non-hydrogen) atoms. The number of halogens is 2. The number of hydrogen-bond donors (Lipinski definition) is 2. The molecule has 4 N–H and O–H groups in total. The highest BCUT2D eigenvalue weighted by Gasteiger charge is 1.86. The second-order valence-electron chi connectivity index (χ2n) is 3.08. The van der Waals surface area contributed by atoms with Crippen molar-refractivity contribution in [2.75, 3.05) is 11.5 Å². The summed E-state index contributed by atoms with van der Waals surface area (Å²) in [5.41, 5.74) is 12.5. The molecule has 2 aromatic carbocycles. The molecule has 0 amide bonds. The van der Waals surface area contributed by atoms with Crippen LogP contribution in [0.3, 0.4) is 0 Å². The van der Waals surface area contributed by atoms with Gasteiger partial charge in [0.25, 0.3) is 0 Å². The van der Waals surface area contributed by atoms with E-state index in [1.807, 2.05) is 48.5 Å². The number of benzene rings is 2. The van der Waals surface area contributed by atoms with E-state index in [4.69, 9.17) is 11.5 Å². The minimum absolute atomic E-state index is 0.785. The van der Waals surface area contributed by atoms with Crippen molar-refractivity contribution in [2.45, 2.75) is 0 Å². The van der Waals surface area contributed by atoms with Crippen molar-refractivity contribution < 1.29 is 0 Å². The van der Waals surface area contributed by atoms with Crippen LogP contribution < -0.4 is 11.5 Å². The summed E-state index contributed by atoms with van der Waals surface area (Å²) in [6, 6.07) is 15.2. The molecule has 0 aliphatic rings. The highest BCUT2D eigenvalue weighted by Crippen LogP contribution is 2.16. The maximum atomic E-state index is 5.47. The van der Waals surface area contributed by atoms with Gasteiger partial charge in [-0.2, -0.15) is 0 Å². The largest absolute Gasteiger partial charge is 0.399 e. The summed E-state index contributed by atoms with van der Waals surface area (Å²) in [7, 11) is 0. The van der Waals surface area contributed by atoms with Gasteiger partial charge in [0.05, 0.1) is 0 Å². The summed E-state index contributed by atoms with van der Waals surface area (Å²) in [5.74, 6) is 0. The van der Waals surface area contributed by atoms with Crippen molar-refractivity contribution in [1.82, 2.24) is 0 Å². The van der Waals surface area contributed by atoms with E-state index in [1.165, 1.54) is 0 Å². The van der Waals surface area contributed by atoms with Crippen LogP contribution in [0, 0.1) is 0 Å². The fourth-order valence-corrected chi connectivity index (χ4v) is 1.68. The van der Waals surface area contributed by atoms with Crippen molar-refractivity contribution >= 4 is 43.2 Å². The van der Waals surface area contributed by atoms with Crippen LogP contribution in [0.5, 0.6) is 0 Å². The van der Waals surface area contributed by atoms with Gasteiger partial charge in [0.15, 0.2) is 0 Å². The zero-order valence-corrected chi connectivity index (χ0v) is 11.7. The number of nitrogens with two attached hydrogens (primary N) is 2.